The summed E-state index contributed by atoms with van der Waals surface area (Å²) in [5.41, 5.74) is 3.31. The SMILES string of the molecule is C=CCc1[nH]c(CC(C)C)cc1C=N. The summed E-state index contributed by atoms with van der Waals surface area (Å²) in [6, 6.07) is 2.06. The van der Waals surface area contributed by atoms with Crippen LogP contribution in [0.5, 0.6) is 0 Å². The normalized spacial score (nSPS) is 10.5. The molecule has 1 aromatic rings. The average Bonchev–Trinajstić information content (AvgIpc) is 2.47. The van der Waals surface area contributed by atoms with Crippen LogP contribution in [-0.4, -0.2) is 11.2 Å². The van der Waals surface area contributed by atoms with Crippen LogP contribution in [0.25, 0.3) is 0 Å². The Morgan fingerprint density at radius 2 is 2.29 bits per heavy atom. The minimum absolute atomic E-state index is 0.642. The maximum absolute atomic E-state index is 7.28. The molecular weight excluding hydrogens is 172 g/mol. The molecule has 1 heterocycles. The van der Waals surface area contributed by atoms with Crippen LogP contribution in [0.3, 0.4) is 0 Å². The largest absolute Gasteiger partial charge is 0.361 e. The van der Waals surface area contributed by atoms with Crippen LogP contribution >= 0.6 is 0 Å². The van der Waals surface area contributed by atoms with E-state index in [9.17, 15) is 0 Å². The van der Waals surface area contributed by atoms with E-state index >= 15 is 0 Å². The molecular formula is C12H18N2. The first-order valence-corrected chi connectivity index (χ1v) is 4.99. The third kappa shape index (κ3) is 2.59. The summed E-state index contributed by atoms with van der Waals surface area (Å²) in [6.45, 7) is 8.09. The van der Waals surface area contributed by atoms with E-state index in [2.05, 4.69) is 31.5 Å². The molecule has 0 saturated carbocycles. The van der Waals surface area contributed by atoms with Crippen molar-refractivity contribution in [3.8, 4) is 0 Å². The second kappa shape index (κ2) is 4.80. The molecule has 76 valence electrons. The lowest BCUT2D eigenvalue weighted by Crippen LogP contribution is -1.94. The van der Waals surface area contributed by atoms with Crippen LogP contribution in [0, 0.1) is 11.3 Å². The Morgan fingerprint density at radius 1 is 1.57 bits per heavy atom. The van der Waals surface area contributed by atoms with Crippen molar-refractivity contribution in [2.24, 2.45) is 5.92 Å². The van der Waals surface area contributed by atoms with Gasteiger partial charge in [-0.05, 0) is 18.4 Å². The summed E-state index contributed by atoms with van der Waals surface area (Å²) in [7, 11) is 0. The second-order valence-electron chi connectivity index (χ2n) is 3.96. The molecule has 1 rings (SSSR count). The molecule has 0 bridgehead atoms. The molecule has 1 aromatic heterocycles. The standard InChI is InChI=1S/C12H18N2/c1-4-5-12-10(8-13)7-11(14-12)6-9(2)3/h4,7-9,13-14H,1,5-6H2,2-3H3. The van der Waals surface area contributed by atoms with Crippen LogP contribution in [0.2, 0.25) is 0 Å². The highest BCUT2D eigenvalue weighted by Gasteiger charge is 2.05. The molecule has 0 aromatic carbocycles. The molecule has 0 amide bonds. The minimum atomic E-state index is 0.642. The molecule has 0 unspecified atom stereocenters. The van der Waals surface area contributed by atoms with Crippen LogP contribution in [-0.2, 0) is 12.8 Å². The summed E-state index contributed by atoms with van der Waals surface area (Å²) in [4.78, 5) is 3.34. The number of hydrogen-bond donors (Lipinski definition) is 2. The number of rotatable bonds is 5. The van der Waals surface area contributed by atoms with E-state index in [1.165, 1.54) is 11.9 Å². The van der Waals surface area contributed by atoms with Gasteiger partial charge in [0.2, 0.25) is 0 Å². The van der Waals surface area contributed by atoms with Crippen LogP contribution in [0.4, 0.5) is 0 Å². The molecule has 0 radical (unpaired) electrons. The zero-order valence-corrected chi connectivity index (χ0v) is 8.93. The van der Waals surface area contributed by atoms with E-state index in [4.69, 9.17) is 5.41 Å². The lowest BCUT2D eigenvalue weighted by atomic mass is 10.1. The number of aromatic amines is 1. The van der Waals surface area contributed by atoms with Gasteiger partial charge in [-0.15, -0.1) is 6.58 Å². The van der Waals surface area contributed by atoms with Crippen molar-refractivity contribution in [2.75, 3.05) is 0 Å². The van der Waals surface area contributed by atoms with Crippen LogP contribution in [0.15, 0.2) is 18.7 Å². The Labute approximate surface area is 85.6 Å². The summed E-state index contributed by atoms with van der Waals surface area (Å²) in [6.07, 6.45) is 5.11. The Morgan fingerprint density at radius 3 is 2.79 bits per heavy atom. The maximum atomic E-state index is 7.28. The number of allylic oxidation sites excluding steroid dienone is 1. The van der Waals surface area contributed by atoms with Crippen molar-refractivity contribution in [1.82, 2.24) is 4.98 Å². The highest BCUT2D eigenvalue weighted by atomic mass is 14.7. The molecule has 2 N–H and O–H groups in total. The molecule has 2 heteroatoms. The molecule has 0 spiro atoms. The van der Waals surface area contributed by atoms with Crippen molar-refractivity contribution in [3.63, 3.8) is 0 Å². The van der Waals surface area contributed by atoms with Gasteiger partial charge in [-0.2, -0.15) is 0 Å². The Balaban J connectivity index is 2.88. The first kappa shape index (κ1) is 10.8. The van der Waals surface area contributed by atoms with Gasteiger partial charge in [0.05, 0.1) is 0 Å². The number of nitrogens with one attached hydrogen (secondary N) is 2. The van der Waals surface area contributed by atoms with Gasteiger partial charge in [0.1, 0.15) is 0 Å². The molecule has 0 aliphatic heterocycles. The van der Waals surface area contributed by atoms with E-state index < -0.39 is 0 Å². The average molecular weight is 190 g/mol. The molecule has 2 nitrogen and oxygen atoms in total. The minimum Gasteiger partial charge on any atom is -0.361 e. The van der Waals surface area contributed by atoms with Gasteiger partial charge in [0.15, 0.2) is 0 Å². The van der Waals surface area contributed by atoms with E-state index in [0.717, 1.165) is 24.1 Å². The van der Waals surface area contributed by atoms with E-state index in [1.807, 2.05) is 6.08 Å². The van der Waals surface area contributed by atoms with Crippen LogP contribution < -0.4 is 0 Å². The van der Waals surface area contributed by atoms with Gasteiger partial charge in [-0.3, -0.25) is 0 Å². The van der Waals surface area contributed by atoms with Gasteiger partial charge < -0.3 is 10.4 Å². The third-order valence-corrected chi connectivity index (χ3v) is 2.12. The molecule has 0 aliphatic rings. The molecule has 0 saturated heterocycles. The highest BCUT2D eigenvalue weighted by Crippen LogP contribution is 2.13. The Hall–Kier alpha value is -1.31. The lowest BCUT2D eigenvalue weighted by Gasteiger charge is -2.00. The number of H-pyrrole nitrogens is 1. The van der Waals surface area contributed by atoms with Crippen LogP contribution in [0.1, 0.15) is 30.8 Å². The van der Waals surface area contributed by atoms with Gasteiger partial charge >= 0.3 is 0 Å². The van der Waals surface area contributed by atoms with Gasteiger partial charge in [0, 0.05) is 29.6 Å². The predicted octanol–water partition coefficient (Wildman–Crippen LogP) is 2.94. The first-order chi connectivity index (χ1) is 6.67. The van der Waals surface area contributed by atoms with Crippen molar-refractivity contribution in [3.05, 3.63) is 35.7 Å². The Kier molecular flexibility index (Phi) is 3.69. The van der Waals surface area contributed by atoms with Crippen molar-refractivity contribution in [2.45, 2.75) is 26.7 Å². The maximum Gasteiger partial charge on any atom is 0.0276 e. The molecule has 0 aliphatic carbocycles. The van der Waals surface area contributed by atoms with E-state index in [1.54, 1.807) is 0 Å². The van der Waals surface area contributed by atoms with Gasteiger partial charge in [-0.25, -0.2) is 0 Å². The summed E-state index contributed by atoms with van der Waals surface area (Å²) in [5.74, 6) is 0.642. The fourth-order valence-corrected chi connectivity index (χ4v) is 1.57. The zero-order chi connectivity index (χ0) is 10.6. The monoisotopic (exact) mass is 190 g/mol. The zero-order valence-electron chi connectivity index (χ0n) is 8.93. The van der Waals surface area contributed by atoms with E-state index in [0.29, 0.717) is 5.92 Å². The highest BCUT2D eigenvalue weighted by molar-refractivity contribution is 5.79. The molecule has 0 fully saturated rings. The lowest BCUT2D eigenvalue weighted by molar-refractivity contribution is 0.637. The molecule has 0 atom stereocenters. The number of aromatic nitrogens is 1. The number of hydrogen-bond acceptors (Lipinski definition) is 1. The Bertz CT molecular complexity index is 321. The third-order valence-electron chi connectivity index (χ3n) is 2.12. The summed E-state index contributed by atoms with van der Waals surface area (Å²) >= 11 is 0. The summed E-state index contributed by atoms with van der Waals surface area (Å²) < 4.78 is 0. The smallest absolute Gasteiger partial charge is 0.0276 e. The fourth-order valence-electron chi connectivity index (χ4n) is 1.57. The quantitative estimate of drug-likeness (QED) is 0.529. The first-order valence-electron chi connectivity index (χ1n) is 4.99. The topological polar surface area (TPSA) is 39.6 Å². The van der Waals surface area contributed by atoms with Gasteiger partial charge in [-0.1, -0.05) is 19.9 Å². The van der Waals surface area contributed by atoms with Crippen molar-refractivity contribution >= 4 is 6.21 Å². The fraction of sp³-hybridized carbons (Fsp3) is 0.417. The van der Waals surface area contributed by atoms with Crippen molar-refractivity contribution < 1.29 is 0 Å². The van der Waals surface area contributed by atoms with E-state index in [-0.39, 0.29) is 0 Å². The molecule has 14 heavy (non-hydrogen) atoms. The summed E-state index contributed by atoms with van der Waals surface area (Å²) in [5, 5.41) is 7.28. The predicted molar refractivity (Wildman–Crippen MR) is 61.1 cm³/mol. The van der Waals surface area contributed by atoms with Crippen molar-refractivity contribution in [1.29, 1.82) is 5.41 Å². The van der Waals surface area contributed by atoms with Gasteiger partial charge in [0.25, 0.3) is 0 Å². The second-order valence-corrected chi connectivity index (χ2v) is 3.96.